The summed E-state index contributed by atoms with van der Waals surface area (Å²) in [7, 11) is -3.77. The number of para-hydroxylation sites is 1. The molecule has 7 nitrogen and oxygen atoms in total. The molecule has 0 radical (unpaired) electrons. The van der Waals surface area contributed by atoms with Crippen LogP contribution in [0.25, 0.3) is 0 Å². The zero-order valence-electron chi connectivity index (χ0n) is 17.7. The van der Waals surface area contributed by atoms with Crippen LogP contribution in [-0.4, -0.2) is 43.8 Å². The second-order valence-corrected chi connectivity index (χ2v) is 9.51. The lowest BCUT2D eigenvalue weighted by Crippen LogP contribution is -2.35. The molecule has 0 aliphatic carbocycles. The number of anilines is 1. The van der Waals surface area contributed by atoms with Crippen LogP contribution in [0.2, 0.25) is 0 Å². The van der Waals surface area contributed by atoms with E-state index in [1.54, 1.807) is 6.92 Å². The predicted octanol–water partition coefficient (Wildman–Crippen LogP) is 3.63. The molecule has 0 saturated carbocycles. The van der Waals surface area contributed by atoms with Crippen molar-refractivity contribution in [2.45, 2.75) is 44.1 Å². The minimum atomic E-state index is -3.77. The quantitative estimate of drug-likeness (QED) is 0.657. The Morgan fingerprint density at radius 2 is 1.69 bits per heavy atom. The number of nitrogens with zero attached hydrogens (tertiary/aromatic N) is 1. The van der Waals surface area contributed by atoms with Crippen molar-refractivity contribution in [3.63, 3.8) is 0 Å². The molecule has 0 spiro atoms. The first-order valence-corrected chi connectivity index (χ1v) is 11.6. The minimum Gasteiger partial charge on any atom is -0.449 e. The molecular formula is C22H24F2N2O5S. The van der Waals surface area contributed by atoms with E-state index in [9.17, 15) is 26.8 Å². The number of hydrogen-bond donors (Lipinski definition) is 1. The molecule has 1 amide bonds. The SMILES string of the molecule is Cc1ccc(S(=O)(=O)N2CCCCC2)cc1C(=O)OC(C)C(=O)Nc1c(F)cccc1F. The van der Waals surface area contributed by atoms with Gasteiger partial charge in [0.2, 0.25) is 10.0 Å². The van der Waals surface area contributed by atoms with E-state index in [-0.39, 0.29) is 10.5 Å². The first-order chi connectivity index (χ1) is 15.1. The summed E-state index contributed by atoms with van der Waals surface area (Å²) in [6, 6.07) is 7.25. The molecule has 0 bridgehead atoms. The maximum Gasteiger partial charge on any atom is 0.339 e. The van der Waals surface area contributed by atoms with Gasteiger partial charge in [0.05, 0.1) is 10.5 Å². The van der Waals surface area contributed by atoms with Crippen molar-refractivity contribution < 1.29 is 31.5 Å². The molecule has 1 atom stereocenters. The van der Waals surface area contributed by atoms with Gasteiger partial charge in [0.25, 0.3) is 5.91 Å². The van der Waals surface area contributed by atoms with E-state index in [0.717, 1.165) is 37.5 Å². The van der Waals surface area contributed by atoms with Gasteiger partial charge in [-0.05, 0) is 56.5 Å². The van der Waals surface area contributed by atoms with Crippen molar-refractivity contribution in [2.24, 2.45) is 0 Å². The molecule has 10 heteroatoms. The molecule has 1 fully saturated rings. The molecule has 1 N–H and O–H groups in total. The van der Waals surface area contributed by atoms with Crippen LogP contribution in [0.4, 0.5) is 14.5 Å². The highest BCUT2D eigenvalue weighted by Gasteiger charge is 2.28. The topological polar surface area (TPSA) is 92.8 Å². The van der Waals surface area contributed by atoms with E-state index in [4.69, 9.17) is 4.74 Å². The minimum absolute atomic E-state index is 0.0141. The highest BCUT2D eigenvalue weighted by molar-refractivity contribution is 7.89. The molecule has 1 aliphatic rings. The number of carbonyl (C=O) groups is 2. The fourth-order valence-electron chi connectivity index (χ4n) is 3.36. The Hall–Kier alpha value is -2.85. The van der Waals surface area contributed by atoms with E-state index >= 15 is 0 Å². The number of benzene rings is 2. The van der Waals surface area contributed by atoms with Crippen molar-refractivity contribution in [3.8, 4) is 0 Å². The zero-order valence-corrected chi connectivity index (χ0v) is 18.5. The van der Waals surface area contributed by atoms with Crippen LogP contribution >= 0.6 is 0 Å². The van der Waals surface area contributed by atoms with E-state index in [1.165, 1.54) is 29.4 Å². The van der Waals surface area contributed by atoms with Crippen LogP contribution in [-0.2, 0) is 19.6 Å². The number of aryl methyl sites for hydroxylation is 1. The van der Waals surface area contributed by atoms with E-state index in [1.807, 2.05) is 0 Å². The molecule has 1 heterocycles. The Labute approximate surface area is 185 Å². The average Bonchev–Trinajstić information content (AvgIpc) is 2.76. The molecule has 32 heavy (non-hydrogen) atoms. The number of rotatable bonds is 6. The maximum absolute atomic E-state index is 13.7. The third-order valence-corrected chi connectivity index (χ3v) is 7.14. The van der Waals surface area contributed by atoms with Crippen LogP contribution in [0, 0.1) is 18.6 Å². The van der Waals surface area contributed by atoms with E-state index in [2.05, 4.69) is 5.32 Å². The number of ether oxygens (including phenoxy) is 1. The largest absolute Gasteiger partial charge is 0.449 e. The summed E-state index contributed by atoms with van der Waals surface area (Å²) in [5.41, 5.74) is -0.202. The molecule has 1 unspecified atom stereocenters. The molecule has 2 aromatic rings. The highest BCUT2D eigenvalue weighted by Crippen LogP contribution is 2.24. The zero-order chi connectivity index (χ0) is 23.5. The molecule has 2 aromatic carbocycles. The molecule has 1 aliphatic heterocycles. The number of piperidine rings is 1. The normalized spacial score (nSPS) is 15.8. The summed E-state index contributed by atoms with van der Waals surface area (Å²) in [5, 5.41) is 2.06. The Bertz CT molecular complexity index is 1110. The first kappa shape index (κ1) is 23.8. The van der Waals surface area contributed by atoms with Gasteiger partial charge >= 0.3 is 5.97 Å². The van der Waals surface area contributed by atoms with Gasteiger partial charge in [-0.1, -0.05) is 18.6 Å². The van der Waals surface area contributed by atoms with Crippen molar-refractivity contribution in [2.75, 3.05) is 18.4 Å². The van der Waals surface area contributed by atoms with Gasteiger partial charge in [0.1, 0.15) is 17.3 Å². The summed E-state index contributed by atoms with van der Waals surface area (Å²) in [6.07, 6.45) is 1.13. The van der Waals surface area contributed by atoms with Gasteiger partial charge < -0.3 is 10.1 Å². The molecular weight excluding hydrogens is 442 g/mol. The Kier molecular flexibility index (Phi) is 7.25. The third-order valence-electron chi connectivity index (χ3n) is 5.25. The summed E-state index contributed by atoms with van der Waals surface area (Å²) >= 11 is 0. The highest BCUT2D eigenvalue weighted by atomic mass is 32.2. The molecule has 3 rings (SSSR count). The fourth-order valence-corrected chi connectivity index (χ4v) is 4.90. The van der Waals surface area contributed by atoms with Crippen molar-refractivity contribution in [1.29, 1.82) is 0 Å². The van der Waals surface area contributed by atoms with Gasteiger partial charge in [-0.2, -0.15) is 4.31 Å². The van der Waals surface area contributed by atoms with Gasteiger partial charge in [-0.15, -0.1) is 0 Å². The summed E-state index contributed by atoms with van der Waals surface area (Å²) < 4.78 is 59.8. The number of nitrogens with one attached hydrogen (secondary N) is 1. The summed E-state index contributed by atoms with van der Waals surface area (Å²) in [5.74, 6) is -3.79. The van der Waals surface area contributed by atoms with Crippen molar-refractivity contribution in [1.82, 2.24) is 4.31 Å². The van der Waals surface area contributed by atoms with Gasteiger partial charge in [-0.25, -0.2) is 22.0 Å². The summed E-state index contributed by atoms with van der Waals surface area (Å²) in [4.78, 5) is 24.9. The predicted molar refractivity (Wildman–Crippen MR) is 114 cm³/mol. The molecule has 0 aromatic heterocycles. The number of halogens is 2. The lowest BCUT2D eigenvalue weighted by molar-refractivity contribution is -0.123. The first-order valence-electron chi connectivity index (χ1n) is 10.2. The number of carbonyl (C=O) groups excluding carboxylic acids is 2. The lowest BCUT2D eigenvalue weighted by Gasteiger charge is -2.26. The van der Waals surface area contributed by atoms with Crippen LogP contribution in [0.5, 0.6) is 0 Å². The number of hydrogen-bond acceptors (Lipinski definition) is 5. The van der Waals surface area contributed by atoms with Crippen molar-refractivity contribution in [3.05, 3.63) is 59.2 Å². The second kappa shape index (κ2) is 9.74. The lowest BCUT2D eigenvalue weighted by atomic mass is 10.1. The van der Waals surface area contributed by atoms with Crippen LogP contribution in [0.15, 0.2) is 41.3 Å². The van der Waals surface area contributed by atoms with Gasteiger partial charge in [0.15, 0.2) is 6.10 Å². The molecule has 1 saturated heterocycles. The fraction of sp³-hybridized carbons (Fsp3) is 0.364. The second-order valence-electron chi connectivity index (χ2n) is 7.57. The van der Waals surface area contributed by atoms with Gasteiger partial charge in [0, 0.05) is 13.1 Å². The summed E-state index contributed by atoms with van der Waals surface area (Å²) in [6.45, 7) is 3.68. The van der Waals surface area contributed by atoms with E-state index in [0.29, 0.717) is 18.7 Å². The standard InChI is InChI=1S/C22H24F2N2O5S/c1-14-9-10-16(32(29,30)26-11-4-3-5-12-26)13-17(14)22(28)31-15(2)21(27)25-20-18(23)7-6-8-19(20)24/h6-10,13,15H,3-5,11-12H2,1-2H3,(H,25,27). The molecule has 172 valence electrons. The monoisotopic (exact) mass is 466 g/mol. The number of amides is 1. The van der Waals surface area contributed by atoms with Crippen LogP contribution in [0.1, 0.15) is 42.1 Å². The Morgan fingerprint density at radius 3 is 2.31 bits per heavy atom. The number of esters is 1. The number of sulfonamides is 1. The third kappa shape index (κ3) is 5.13. The van der Waals surface area contributed by atoms with E-state index < -0.39 is 45.3 Å². The average molecular weight is 467 g/mol. The maximum atomic E-state index is 13.7. The smallest absolute Gasteiger partial charge is 0.339 e. The van der Waals surface area contributed by atoms with Gasteiger partial charge in [-0.3, -0.25) is 4.79 Å². The Balaban J connectivity index is 1.75. The van der Waals surface area contributed by atoms with Crippen molar-refractivity contribution >= 4 is 27.6 Å². The Morgan fingerprint density at radius 1 is 1.06 bits per heavy atom. The van der Waals surface area contributed by atoms with Crippen LogP contribution in [0.3, 0.4) is 0 Å². The van der Waals surface area contributed by atoms with Crippen LogP contribution < -0.4 is 5.32 Å².